The SMILES string of the molecule is CCC(CCO)CNc1nc(N)ns1. The zero-order chi connectivity index (χ0) is 10.4. The van der Waals surface area contributed by atoms with Gasteiger partial charge in [0.25, 0.3) is 0 Å². The zero-order valence-corrected chi connectivity index (χ0v) is 9.05. The van der Waals surface area contributed by atoms with Crippen molar-refractivity contribution in [2.75, 3.05) is 24.2 Å². The van der Waals surface area contributed by atoms with Gasteiger partial charge in [0.1, 0.15) is 0 Å². The monoisotopic (exact) mass is 216 g/mol. The number of aliphatic hydroxyl groups is 1. The number of nitrogens with one attached hydrogen (secondary N) is 1. The van der Waals surface area contributed by atoms with E-state index in [0.717, 1.165) is 24.5 Å². The zero-order valence-electron chi connectivity index (χ0n) is 8.23. The Morgan fingerprint density at radius 1 is 1.64 bits per heavy atom. The van der Waals surface area contributed by atoms with Crippen molar-refractivity contribution in [2.24, 2.45) is 5.92 Å². The molecule has 1 heterocycles. The van der Waals surface area contributed by atoms with Crippen LogP contribution in [-0.4, -0.2) is 27.6 Å². The molecule has 0 aliphatic carbocycles. The van der Waals surface area contributed by atoms with Crippen LogP contribution in [0.25, 0.3) is 0 Å². The van der Waals surface area contributed by atoms with Crippen LogP contribution < -0.4 is 11.1 Å². The van der Waals surface area contributed by atoms with E-state index in [2.05, 4.69) is 21.6 Å². The van der Waals surface area contributed by atoms with Crippen LogP contribution in [0.5, 0.6) is 0 Å². The average molecular weight is 216 g/mol. The van der Waals surface area contributed by atoms with E-state index in [4.69, 9.17) is 10.8 Å². The lowest BCUT2D eigenvalue weighted by Crippen LogP contribution is -2.14. The Kier molecular flexibility index (Phi) is 4.61. The lowest BCUT2D eigenvalue weighted by atomic mass is 10.0. The number of nitrogens with two attached hydrogens (primary N) is 1. The summed E-state index contributed by atoms with van der Waals surface area (Å²) in [6, 6.07) is 0. The summed E-state index contributed by atoms with van der Waals surface area (Å²) in [5, 5.41) is 12.7. The van der Waals surface area contributed by atoms with Gasteiger partial charge >= 0.3 is 0 Å². The van der Waals surface area contributed by atoms with E-state index in [1.165, 1.54) is 11.5 Å². The van der Waals surface area contributed by atoms with Crippen molar-refractivity contribution in [1.82, 2.24) is 9.36 Å². The van der Waals surface area contributed by atoms with Gasteiger partial charge in [0, 0.05) is 24.7 Å². The second kappa shape index (κ2) is 5.77. The van der Waals surface area contributed by atoms with E-state index >= 15 is 0 Å². The van der Waals surface area contributed by atoms with E-state index in [9.17, 15) is 0 Å². The highest BCUT2D eigenvalue weighted by atomic mass is 32.1. The summed E-state index contributed by atoms with van der Waals surface area (Å²) in [6.45, 7) is 3.15. The molecular formula is C8H16N4OS. The van der Waals surface area contributed by atoms with Gasteiger partial charge in [-0.3, -0.25) is 0 Å². The van der Waals surface area contributed by atoms with Crippen LogP contribution in [0.3, 0.4) is 0 Å². The maximum absolute atomic E-state index is 8.80. The Bertz CT molecular complexity index is 266. The molecule has 6 heteroatoms. The highest BCUT2D eigenvalue weighted by Crippen LogP contribution is 2.14. The number of anilines is 2. The number of aromatic nitrogens is 2. The maximum Gasteiger partial charge on any atom is 0.233 e. The smallest absolute Gasteiger partial charge is 0.233 e. The van der Waals surface area contributed by atoms with Gasteiger partial charge in [0.15, 0.2) is 0 Å². The molecule has 0 amide bonds. The fourth-order valence-electron chi connectivity index (χ4n) is 1.17. The Hall–Kier alpha value is -0.880. The molecule has 1 unspecified atom stereocenters. The van der Waals surface area contributed by atoms with Crippen LogP contribution in [0.2, 0.25) is 0 Å². The quantitative estimate of drug-likeness (QED) is 0.659. The predicted molar refractivity (Wildman–Crippen MR) is 58.3 cm³/mol. The summed E-state index contributed by atoms with van der Waals surface area (Å²) in [5.74, 6) is 0.790. The average Bonchev–Trinajstić information content (AvgIpc) is 2.59. The molecule has 4 N–H and O–H groups in total. The number of rotatable bonds is 6. The standard InChI is InChI=1S/C8H16N4OS/c1-2-6(3-4-13)5-10-8-11-7(9)12-14-8/h6,13H,2-5H2,1H3,(H3,9,10,11,12). The highest BCUT2D eigenvalue weighted by molar-refractivity contribution is 7.09. The molecule has 0 aromatic carbocycles. The van der Waals surface area contributed by atoms with Crippen molar-refractivity contribution in [1.29, 1.82) is 0 Å². The number of hydrogen-bond acceptors (Lipinski definition) is 6. The molecule has 14 heavy (non-hydrogen) atoms. The Morgan fingerprint density at radius 3 is 2.93 bits per heavy atom. The molecule has 0 bridgehead atoms. The first kappa shape index (κ1) is 11.2. The summed E-state index contributed by atoms with van der Waals surface area (Å²) >= 11 is 1.26. The van der Waals surface area contributed by atoms with Crippen molar-refractivity contribution in [2.45, 2.75) is 19.8 Å². The predicted octanol–water partition coefficient (Wildman–Crippen LogP) is 0.941. The largest absolute Gasteiger partial charge is 0.396 e. The molecule has 0 aliphatic rings. The second-order valence-electron chi connectivity index (χ2n) is 3.13. The molecule has 80 valence electrons. The Labute approximate surface area is 87.5 Å². The van der Waals surface area contributed by atoms with Crippen molar-refractivity contribution in [3.05, 3.63) is 0 Å². The molecule has 1 aromatic heterocycles. The molecule has 0 saturated heterocycles. The third-order valence-corrected chi connectivity index (χ3v) is 2.79. The Morgan fingerprint density at radius 2 is 2.43 bits per heavy atom. The first-order chi connectivity index (χ1) is 6.76. The molecule has 1 atom stereocenters. The minimum atomic E-state index is 0.235. The van der Waals surface area contributed by atoms with Gasteiger partial charge in [-0.25, -0.2) is 0 Å². The second-order valence-corrected chi connectivity index (χ2v) is 3.88. The van der Waals surface area contributed by atoms with E-state index in [-0.39, 0.29) is 6.61 Å². The van der Waals surface area contributed by atoms with Gasteiger partial charge in [-0.2, -0.15) is 9.36 Å². The molecule has 0 saturated carbocycles. The molecule has 1 rings (SSSR count). The first-order valence-electron chi connectivity index (χ1n) is 4.70. The van der Waals surface area contributed by atoms with Gasteiger partial charge in [-0.15, -0.1) is 0 Å². The molecule has 1 aromatic rings. The van der Waals surface area contributed by atoms with Crippen LogP contribution >= 0.6 is 11.5 Å². The van der Waals surface area contributed by atoms with Gasteiger partial charge in [-0.1, -0.05) is 13.3 Å². The van der Waals surface area contributed by atoms with Crippen LogP contribution in [-0.2, 0) is 0 Å². The highest BCUT2D eigenvalue weighted by Gasteiger charge is 2.06. The summed E-state index contributed by atoms with van der Waals surface area (Å²) in [6.07, 6.45) is 1.86. The maximum atomic E-state index is 8.80. The van der Waals surface area contributed by atoms with Gasteiger partial charge in [0.2, 0.25) is 11.1 Å². The minimum absolute atomic E-state index is 0.235. The lowest BCUT2D eigenvalue weighted by Gasteiger charge is -2.12. The molecule has 0 fully saturated rings. The van der Waals surface area contributed by atoms with E-state index in [1.807, 2.05) is 0 Å². The number of aliphatic hydroxyl groups excluding tert-OH is 1. The van der Waals surface area contributed by atoms with Crippen molar-refractivity contribution in [3.8, 4) is 0 Å². The lowest BCUT2D eigenvalue weighted by molar-refractivity contribution is 0.258. The third-order valence-electron chi connectivity index (χ3n) is 2.10. The summed E-state index contributed by atoms with van der Waals surface area (Å²) in [5.41, 5.74) is 5.38. The number of hydrogen-bond donors (Lipinski definition) is 3. The van der Waals surface area contributed by atoms with E-state index < -0.39 is 0 Å². The minimum Gasteiger partial charge on any atom is -0.396 e. The van der Waals surface area contributed by atoms with Crippen LogP contribution in [0.15, 0.2) is 0 Å². The van der Waals surface area contributed by atoms with Crippen molar-refractivity contribution in [3.63, 3.8) is 0 Å². The molecule has 5 nitrogen and oxygen atoms in total. The van der Waals surface area contributed by atoms with Gasteiger partial charge in [-0.05, 0) is 12.3 Å². The van der Waals surface area contributed by atoms with Crippen molar-refractivity contribution >= 4 is 22.6 Å². The number of nitrogens with zero attached hydrogens (tertiary/aromatic N) is 2. The molecule has 0 aliphatic heterocycles. The molecule has 0 radical (unpaired) electrons. The van der Waals surface area contributed by atoms with Crippen LogP contribution in [0.1, 0.15) is 19.8 Å². The summed E-state index contributed by atoms with van der Waals surface area (Å²) in [7, 11) is 0. The van der Waals surface area contributed by atoms with Gasteiger partial charge in [0.05, 0.1) is 0 Å². The fourth-order valence-corrected chi connectivity index (χ4v) is 1.67. The Balaban J connectivity index is 2.31. The van der Waals surface area contributed by atoms with Crippen LogP contribution in [0, 0.1) is 5.92 Å². The topological polar surface area (TPSA) is 84.1 Å². The molecule has 0 spiro atoms. The van der Waals surface area contributed by atoms with E-state index in [0.29, 0.717) is 11.9 Å². The van der Waals surface area contributed by atoms with Crippen molar-refractivity contribution < 1.29 is 5.11 Å². The van der Waals surface area contributed by atoms with E-state index in [1.54, 1.807) is 0 Å². The summed E-state index contributed by atoms with van der Waals surface area (Å²) in [4.78, 5) is 3.99. The summed E-state index contributed by atoms with van der Waals surface area (Å²) < 4.78 is 3.86. The first-order valence-corrected chi connectivity index (χ1v) is 5.47. The van der Waals surface area contributed by atoms with Gasteiger partial charge < -0.3 is 16.2 Å². The molecular weight excluding hydrogens is 200 g/mol. The normalized spacial score (nSPS) is 12.7. The fraction of sp³-hybridized carbons (Fsp3) is 0.750. The third kappa shape index (κ3) is 3.47. The van der Waals surface area contributed by atoms with Crippen LogP contribution in [0.4, 0.5) is 11.1 Å². The number of nitrogen functional groups attached to an aromatic ring is 1.